The number of aromatic nitrogens is 2. The summed E-state index contributed by atoms with van der Waals surface area (Å²) >= 11 is 6.66. The highest BCUT2D eigenvalue weighted by Gasteiger charge is 2.31. The summed E-state index contributed by atoms with van der Waals surface area (Å²) in [6.07, 6.45) is 5.67. The molecule has 0 radical (unpaired) electrons. The maximum Gasteiger partial charge on any atom is 0.246 e. The first-order valence-electron chi connectivity index (χ1n) is 14.3. The Bertz CT molecular complexity index is 1700. The number of pyridine rings is 2. The molecular weight excluding hydrogens is 548 g/mol. The van der Waals surface area contributed by atoms with E-state index in [9.17, 15) is 10.1 Å². The molecule has 2 atom stereocenters. The number of amides is 1. The van der Waals surface area contributed by atoms with Gasteiger partial charge in [-0.05, 0) is 55.6 Å². The van der Waals surface area contributed by atoms with Crippen LogP contribution in [0.2, 0.25) is 5.02 Å². The Morgan fingerprint density at radius 3 is 2.79 bits per heavy atom. The zero-order valence-corrected chi connectivity index (χ0v) is 24.4. The smallest absolute Gasteiger partial charge is 0.246 e. The first kappa shape index (κ1) is 28.0. The molecule has 0 bridgehead atoms. The first-order valence-corrected chi connectivity index (χ1v) is 14.7. The van der Waals surface area contributed by atoms with Crippen LogP contribution in [0.15, 0.2) is 67.4 Å². The predicted octanol–water partition coefficient (Wildman–Crippen LogP) is 5.69. The van der Waals surface area contributed by atoms with E-state index in [1.807, 2.05) is 36.5 Å². The van der Waals surface area contributed by atoms with E-state index < -0.39 is 0 Å². The Kier molecular flexibility index (Phi) is 7.96. The molecule has 1 unspecified atom stereocenters. The lowest BCUT2D eigenvalue weighted by Crippen LogP contribution is -2.55. The van der Waals surface area contributed by atoms with Crippen molar-refractivity contribution in [3.63, 3.8) is 0 Å². The van der Waals surface area contributed by atoms with Crippen molar-refractivity contribution in [2.75, 3.05) is 44.7 Å². The van der Waals surface area contributed by atoms with Crippen molar-refractivity contribution >= 4 is 45.0 Å². The molecule has 2 aliphatic heterocycles. The quantitative estimate of drug-likeness (QED) is 0.259. The van der Waals surface area contributed by atoms with Crippen molar-refractivity contribution < 1.29 is 9.53 Å². The number of likely N-dealkylation sites (N-methyl/N-ethyl adjacent to an activating group) is 1. The Balaban J connectivity index is 1.42. The van der Waals surface area contributed by atoms with Crippen LogP contribution in [0.4, 0.5) is 5.69 Å². The maximum absolute atomic E-state index is 12.5. The van der Waals surface area contributed by atoms with Gasteiger partial charge >= 0.3 is 0 Å². The predicted molar refractivity (Wildman–Crippen MR) is 167 cm³/mol. The van der Waals surface area contributed by atoms with E-state index in [4.69, 9.17) is 26.3 Å². The van der Waals surface area contributed by atoms with Crippen LogP contribution in [0.25, 0.3) is 32.9 Å². The second kappa shape index (κ2) is 12.0. The van der Waals surface area contributed by atoms with E-state index >= 15 is 0 Å². The topological polar surface area (TPSA) is 85.6 Å². The van der Waals surface area contributed by atoms with E-state index in [1.54, 1.807) is 4.90 Å². The number of halogens is 1. The molecule has 2 aromatic heterocycles. The molecule has 6 rings (SSSR count). The Morgan fingerprint density at radius 2 is 2.02 bits per heavy atom. The van der Waals surface area contributed by atoms with Gasteiger partial charge < -0.3 is 19.4 Å². The Labute approximate surface area is 250 Å². The van der Waals surface area contributed by atoms with Gasteiger partial charge in [-0.2, -0.15) is 5.26 Å². The second-order valence-electron chi connectivity index (χ2n) is 11.0. The average molecular weight is 581 g/mol. The fourth-order valence-corrected chi connectivity index (χ4v) is 6.49. The number of fused-ring (bicyclic) bond motifs is 2. The number of nitriles is 1. The third-order valence-corrected chi connectivity index (χ3v) is 8.78. The molecule has 0 spiro atoms. The minimum atomic E-state index is -0.258. The Hall–Kier alpha value is -4.19. The summed E-state index contributed by atoms with van der Waals surface area (Å²) in [5.74, 6) is 0.379. The third kappa shape index (κ3) is 5.38. The van der Waals surface area contributed by atoms with Gasteiger partial charge in [-0.25, -0.2) is 4.98 Å². The van der Waals surface area contributed by atoms with Crippen LogP contribution in [0.3, 0.4) is 0 Å². The van der Waals surface area contributed by atoms with E-state index in [-0.39, 0.29) is 18.4 Å². The monoisotopic (exact) mass is 580 g/mol. The van der Waals surface area contributed by atoms with Gasteiger partial charge in [0, 0.05) is 53.9 Å². The molecule has 4 aromatic rings. The number of hydrogen-bond donors (Lipinski definition) is 0. The van der Waals surface area contributed by atoms with Crippen LogP contribution in [0.5, 0.6) is 5.88 Å². The number of ether oxygens (including phenoxy) is 1. The van der Waals surface area contributed by atoms with Gasteiger partial charge in [0.25, 0.3) is 0 Å². The zero-order chi connectivity index (χ0) is 29.2. The van der Waals surface area contributed by atoms with Gasteiger partial charge in [0.15, 0.2) is 0 Å². The molecule has 9 heteroatoms. The van der Waals surface area contributed by atoms with Crippen molar-refractivity contribution in [2.45, 2.75) is 31.3 Å². The third-order valence-electron chi connectivity index (χ3n) is 8.47. The molecule has 8 nitrogen and oxygen atoms in total. The largest absolute Gasteiger partial charge is 0.476 e. The number of rotatable bonds is 7. The lowest BCUT2D eigenvalue weighted by atomic mass is 9.99. The summed E-state index contributed by atoms with van der Waals surface area (Å²) in [6.45, 7) is 6.84. The fraction of sp³-hybridized carbons (Fsp3) is 0.333. The molecule has 0 saturated carbocycles. The summed E-state index contributed by atoms with van der Waals surface area (Å²) in [6, 6.07) is 18.4. The summed E-state index contributed by atoms with van der Waals surface area (Å²) in [5, 5.41) is 12.2. The van der Waals surface area contributed by atoms with Crippen molar-refractivity contribution in [2.24, 2.45) is 0 Å². The van der Waals surface area contributed by atoms with Crippen LogP contribution in [-0.2, 0) is 4.79 Å². The lowest BCUT2D eigenvalue weighted by Gasteiger charge is -2.41. The summed E-state index contributed by atoms with van der Waals surface area (Å²) in [4.78, 5) is 28.6. The average Bonchev–Trinajstić information content (AvgIpc) is 3.43. The van der Waals surface area contributed by atoms with Crippen molar-refractivity contribution in [1.82, 2.24) is 19.8 Å². The minimum Gasteiger partial charge on any atom is -0.476 e. The number of nitrogens with zero attached hydrogens (tertiary/aromatic N) is 6. The van der Waals surface area contributed by atoms with Crippen LogP contribution in [0.1, 0.15) is 19.3 Å². The molecule has 2 aliphatic rings. The van der Waals surface area contributed by atoms with Crippen LogP contribution < -0.4 is 9.64 Å². The van der Waals surface area contributed by atoms with Crippen LogP contribution in [-0.4, -0.2) is 77.6 Å². The van der Waals surface area contributed by atoms with Gasteiger partial charge in [-0.15, -0.1) is 0 Å². The number of carbonyl (C=O) groups excluding carboxylic acids is 1. The van der Waals surface area contributed by atoms with E-state index in [2.05, 4.69) is 47.7 Å². The highest BCUT2D eigenvalue weighted by atomic mass is 35.5. The summed E-state index contributed by atoms with van der Waals surface area (Å²) in [7, 11) is 2.13. The van der Waals surface area contributed by atoms with Gasteiger partial charge in [-0.3, -0.25) is 9.78 Å². The standard InChI is InChI=1S/C33H33ClN6O2/c1-3-31(41)40-16-15-39(20-24(40)12-13-35)29-18-30(42-21-25-9-6-14-38(25)2)37-28-17-23(19-36-33(28)29)26-10-4-7-22-8-5-11-27(34)32(22)26/h3-5,7-8,10-11,17-19,24-25H,1,6,9,12,14-16,20-21H2,2H3/t24-,25?/m0/s1. The van der Waals surface area contributed by atoms with Crippen molar-refractivity contribution in [3.05, 3.63) is 72.4 Å². The SMILES string of the molecule is C=CC(=O)N1CCN(c2cc(OCC3CCCN3C)nc3cc(-c4cccc5cccc(Cl)c45)cnc23)C[C@@H]1CC#N. The van der Waals surface area contributed by atoms with Crippen LogP contribution in [0, 0.1) is 11.3 Å². The zero-order valence-electron chi connectivity index (χ0n) is 23.7. The molecule has 42 heavy (non-hydrogen) atoms. The molecule has 2 fully saturated rings. The highest BCUT2D eigenvalue weighted by Crippen LogP contribution is 2.37. The number of carbonyl (C=O) groups is 1. The summed E-state index contributed by atoms with van der Waals surface area (Å²) in [5.41, 5.74) is 4.24. The molecule has 0 N–H and O–H groups in total. The molecule has 4 heterocycles. The fourth-order valence-electron chi connectivity index (χ4n) is 6.20. The van der Waals surface area contributed by atoms with Crippen LogP contribution >= 0.6 is 11.6 Å². The molecule has 214 valence electrons. The molecule has 0 aliphatic carbocycles. The molecule has 1 amide bonds. The van der Waals surface area contributed by atoms with E-state index in [0.717, 1.165) is 52.5 Å². The van der Waals surface area contributed by atoms with Gasteiger partial charge in [0.2, 0.25) is 11.8 Å². The van der Waals surface area contributed by atoms with E-state index in [1.165, 1.54) is 6.08 Å². The molecule has 2 saturated heterocycles. The number of hydrogen-bond acceptors (Lipinski definition) is 7. The van der Waals surface area contributed by atoms with Gasteiger partial charge in [0.05, 0.1) is 29.7 Å². The maximum atomic E-state index is 12.5. The van der Waals surface area contributed by atoms with Crippen molar-refractivity contribution in [3.8, 4) is 23.1 Å². The minimum absolute atomic E-state index is 0.157. The number of likely N-dealkylation sites (tertiary alicyclic amines) is 1. The molecule has 2 aromatic carbocycles. The van der Waals surface area contributed by atoms with E-state index in [0.29, 0.717) is 48.7 Å². The number of piperazine rings is 1. The van der Waals surface area contributed by atoms with Gasteiger partial charge in [0.1, 0.15) is 12.1 Å². The lowest BCUT2D eigenvalue weighted by molar-refractivity contribution is -0.128. The molecular formula is C33H33ClN6O2. The van der Waals surface area contributed by atoms with Crippen molar-refractivity contribution in [1.29, 1.82) is 5.26 Å². The number of anilines is 1. The first-order chi connectivity index (χ1) is 20.5. The number of benzene rings is 2. The second-order valence-corrected chi connectivity index (χ2v) is 11.4. The van der Waals surface area contributed by atoms with Gasteiger partial charge in [-0.1, -0.05) is 48.5 Å². The summed E-state index contributed by atoms with van der Waals surface area (Å²) < 4.78 is 6.33. The normalized spacial score (nSPS) is 19.3. The highest BCUT2D eigenvalue weighted by molar-refractivity contribution is 6.36. The Morgan fingerprint density at radius 1 is 1.19 bits per heavy atom.